The Balaban J connectivity index is 2.01. The van der Waals surface area contributed by atoms with Crippen LogP contribution in [0, 0.1) is 6.92 Å². The molecule has 3 rings (SSSR count). The van der Waals surface area contributed by atoms with Crippen LogP contribution >= 0.6 is 23.1 Å². The molecule has 0 bridgehead atoms. The van der Waals surface area contributed by atoms with E-state index in [9.17, 15) is 4.79 Å². The Kier molecular flexibility index (Phi) is 3.85. The molecule has 2 nitrogen and oxygen atoms in total. The number of carbonyl (C=O) groups excluding carboxylic acids is 1. The molecule has 2 heterocycles. The normalized spacial score (nSPS) is 18.5. The predicted octanol–water partition coefficient (Wildman–Crippen LogP) is 4.59. The van der Waals surface area contributed by atoms with Crippen molar-refractivity contribution < 1.29 is 4.79 Å². The van der Waals surface area contributed by atoms with E-state index in [1.165, 1.54) is 16.2 Å². The smallest absolute Gasteiger partial charge is 0.268 e. The summed E-state index contributed by atoms with van der Waals surface area (Å²) in [5, 5.41) is 2.53. The zero-order chi connectivity index (χ0) is 14.1. The standard InChI is InChI=1S/C16H17NOS2/c1-11-8-10-19-15(11)16(18)17-9-7-12(2)20-14-6-4-3-5-13(14)17/h3-6,8,10,12H,7,9H2,1-2H3. The fourth-order valence-corrected chi connectivity index (χ4v) is 4.40. The minimum Gasteiger partial charge on any atom is -0.306 e. The Morgan fingerprint density at radius 2 is 2.10 bits per heavy atom. The quantitative estimate of drug-likeness (QED) is 0.768. The minimum absolute atomic E-state index is 0.139. The number of benzene rings is 1. The molecule has 0 saturated carbocycles. The molecular weight excluding hydrogens is 286 g/mol. The third kappa shape index (κ3) is 2.50. The Bertz CT molecular complexity index is 635. The Morgan fingerprint density at radius 1 is 1.30 bits per heavy atom. The van der Waals surface area contributed by atoms with Gasteiger partial charge in [-0.2, -0.15) is 0 Å². The van der Waals surface area contributed by atoms with E-state index in [2.05, 4.69) is 19.1 Å². The minimum atomic E-state index is 0.139. The highest BCUT2D eigenvalue weighted by Crippen LogP contribution is 2.38. The first kappa shape index (κ1) is 13.7. The van der Waals surface area contributed by atoms with Gasteiger partial charge in [0.25, 0.3) is 5.91 Å². The van der Waals surface area contributed by atoms with E-state index in [1.54, 1.807) is 0 Å². The van der Waals surface area contributed by atoms with E-state index in [1.807, 2.05) is 47.2 Å². The van der Waals surface area contributed by atoms with E-state index in [0.717, 1.165) is 29.1 Å². The summed E-state index contributed by atoms with van der Waals surface area (Å²) >= 11 is 3.40. The van der Waals surface area contributed by atoms with Gasteiger partial charge in [0, 0.05) is 16.7 Å². The van der Waals surface area contributed by atoms with Crippen molar-refractivity contribution in [1.82, 2.24) is 0 Å². The molecule has 1 amide bonds. The molecule has 0 fully saturated rings. The molecule has 1 aromatic heterocycles. The van der Waals surface area contributed by atoms with Crippen LogP contribution in [0.5, 0.6) is 0 Å². The molecule has 0 radical (unpaired) electrons. The van der Waals surface area contributed by atoms with E-state index in [-0.39, 0.29) is 5.91 Å². The molecule has 1 aromatic carbocycles. The van der Waals surface area contributed by atoms with E-state index in [4.69, 9.17) is 0 Å². The highest BCUT2D eigenvalue weighted by molar-refractivity contribution is 8.00. The van der Waals surface area contributed by atoms with Crippen molar-refractivity contribution in [3.8, 4) is 0 Å². The zero-order valence-corrected chi connectivity index (χ0v) is 13.3. The first-order valence-electron chi connectivity index (χ1n) is 6.78. The molecule has 20 heavy (non-hydrogen) atoms. The SMILES string of the molecule is Cc1ccsc1C(=O)N1CCC(C)Sc2ccccc21. The van der Waals surface area contributed by atoms with Crippen LogP contribution in [0.1, 0.15) is 28.6 Å². The van der Waals surface area contributed by atoms with Crippen LogP contribution in [-0.4, -0.2) is 17.7 Å². The van der Waals surface area contributed by atoms with Crippen molar-refractivity contribution in [3.05, 3.63) is 46.2 Å². The number of aryl methyl sites for hydroxylation is 1. The van der Waals surface area contributed by atoms with Crippen LogP contribution in [0.15, 0.2) is 40.6 Å². The lowest BCUT2D eigenvalue weighted by atomic mass is 10.2. The van der Waals surface area contributed by atoms with Crippen LogP contribution in [0.2, 0.25) is 0 Å². The summed E-state index contributed by atoms with van der Waals surface area (Å²) in [6.45, 7) is 5.03. The van der Waals surface area contributed by atoms with Crippen molar-refractivity contribution in [2.24, 2.45) is 0 Å². The van der Waals surface area contributed by atoms with Gasteiger partial charge in [-0.15, -0.1) is 23.1 Å². The number of fused-ring (bicyclic) bond motifs is 1. The summed E-state index contributed by atoms with van der Waals surface area (Å²) in [7, 11) is 0. The maximum Gasteiger partial charge on any atom is 0.268 e. The third-order valence-corrected chi connectivity index (χ3v) is 5.79. The lowest BCUT2D eigenvalue weighted by Gasteiger charge is -2.22. The number of thiophene rings is 1. The zero-order valence-electron chi connectivity index (χ0n) is 11.6. The number of hydrogen-bond donors (Lipinski definition) is 0. The molecule has 0 aliphatic carbocycles. The molecule has 1 aliphatic heterocycles. The Morgan fingerprint density at radius 3 is 2.85 bits per heavy atom. The summed E-state index contributed by atoms with van der Waals surface area (Å²) in [5.41, 5.74) is 2.13. The van der Waals surface area contributed by atoms with Gasteiger partial charge >= 0.3 is 0 Å². The lowest BCUT2D eigenvalue weighted by Crippen LogP contribution is -2.32. The van der Waals surface area contributed by atoms with Crippen molar-refractivity contribution >= 4 is 34.7 Å². The van der Waals surface area contributed by atoms with Gasteiger partial charge in [0.1, 0.15) is 0 Å². The summed E-state index contributed by atoms with van der Waals surface area (Å²) in [5.74, 6) is 0.139. The second-order valence-electron chi connectivity index (χ2n) is 5.07. The van der Waals surface area contributed by atoms with Crippen LogP contribution in [0.3, 0.4) is 0 Å². The highest BCUT2D eigenvalue weighted by atomic mass is 32.2. The number of carbonyl (C=O) groups is 1. The van der Waals surface area contributed by atoms with Gasteiger partial charge in [0.15, 0.2) is 0 Å². The number of nitrogens with zero attached hydrogens (tertiary/aromatic N) is 1. The van der Waals surface area contributed by atoms with Gasteiger partial charge < -0.3 is 4.90 Å². The molecule has 2 aromatic rings. The Hall–Kier alpha value is -1.26. The molecule has 0 spiro atoms. The number of thioether (sulfide) groups is 1. The topological polar surface area (TPSA) is 20.3 Å². The van der Waals surface area contributed by atoms with Crippen molar-refractivity contribution in [2.45, 2.75) is 30.4 Å². The number of anilines is 1. The first-order valence-corrected chi connectivity index (χ1v) is 8.54. The predicted molar refractivity (Wildman–Crippen MR) is 87.1 cm³/mol. The van der Waals surface area contributed by atoms with Gasteiger partial charge in [-0.3, -0.25) is 4.79 Å². The van der Waals surface area contributed by atoms with E-state index >= 15 is 0 Å². The summed E-state index contributed by atoms with van der Waals surface area (Å²) < 4.78 is 0. The van der Waals surface area contributed by atoms with Gasteiger partial charge in [0.2, 0.25) is 0 Å². The van der Waals surface area contributed by atoms with Gasteiger partial charge in [-0.1, -0.05) is 19.1 Å². The molecular formula is C16H17NOS2. The number of para-hydroxylation sites is 1. The molecule has 0 saturated heterocycles. The fourth-order valence-electron chi connectivity index (χ4n) is 2.41. The van der Waals surface area contributed by atoms with Crippen LogP contribution < -0.4 is 4.90 Å². The molecule has 1 aliphatic rings. The molecule has 104 valence electrons. The largest absolute Gasteiger partial charge is 0.306 e. The van der Waals surface area contributed by atoms with Crippen molar-refractivity contribution in [1.29, 1.82) is 0 Å². The fraction of sp³-hybridized carbons (Fsp3) is 0.312. The van der Waals surface area contributed by atoms with Gasteiger partial charge in [0.05, 0.1) is 10.6 Å². The monoisotopic (exact) mass is 303 g/mol. The summed E-state index contributed by atoms with van der Waals surface area (Å²) in [4.78, 5) is 16.8. The van der Waals surface area contributed by atoms with Crippen molar-refractivity contribution in [2.75, 3.05) is 11.4 Å². The summed E-state index contributed by atoms with van der Waals surface area (Å²) in [6.07, 6.45) is 1.02. The van der Waals surface area contributed by atoms with Crippen molar-refractivity contribution in [3.63, 3.8) is 0 Å². The van der Waals surface area contributed by atoms with Crippen LogP contribution in [0.25, 0.3) is 0 Å². The average molecular weight is 303 g/mol. The number of hydrogen-bond acceptors (Lipinski definition) is 3. The number of rotatable bonds is 1. The highest BCUT2D eigenvalue weighted by Gasteiger charge is 2.26. The maximum atomic E-state index is 12.8. The van der Waals surface area contributed by atoms with E-state index in [0.29, 0.717) is 5.25 Å². The van der Waals surface area contributed by atoms with E-state index < -0.39 is 0 Å². The number of amides is 1. The van der Waals surface area contributed by atoms with Crippen LogP contribution in [0.4, 0.5) is 5.69 Å². The second-order valence-corrected chi connectivity index (χ2v) is 7.47. The maximum absolute atomic E-state index is 12.8. The second kappa shape index (κ2) is 5.62. The first-order chi connectivity index (χ1) is 9.66. The van der Waals surface area contributed by atoms with Gasteiger partial charge in [-0.25, -0.2) is 0 Å². The molecule has 1 atom stereocenters. The molecule has 4 heteroatoms. The third-order valence-electron chi connectivity index (χ3n) is 3.54. The Labute approximate surface area is 127 Å². The average Bonchev–Trinajstić information content (AvgIpc) is 2.78. The molecule has 1 unspecified atom stereocenters. The summed E-state index contributed by atoms with van der Waals surface area (Å²) in [6, 6.07) is 10.2. The van der Waals surface area contributed by atoms with Gasteiger partial charge in [-0.05, 0) is 42.5 Å². The molecule has 0 N–H and O–H groups in total. The van der Waals surface area contributed by atoms with Crippen LogP contribution in [-0.2, 0) is 0 Å². The lowest BCUT2D eigenvalue weighted by molar-refractivity contribution is 0.0990.